The van der Waals surface area contributed by atoms with Gasteiger partial charge in [0.25, 0.3) is 5.91 Å². The first kappa shape index (κ1) is 12.5. The summed E-state index contributed by atoms with van der Waals surface area (Å²) in [7, 11) is 1.80. The number of rotatable bonds is 6. The van der Waals surface area contributed by atoms with E-state index in [9.17, 15) is 4.79 Å². The van der Waals surface area contributed by atoms with E-state index in [-0.39, 0.29) is 18.6 Å². The van der Waals surface area contributed by atoms with E-state index in [4.69, 9.17) is 4.74 Å². The number of nitrogens with zero attached hydrogens (tertiary/aromatic N) is 2. The summed E-state index contributed by atoms with van der Waals surface area (Å²) < 4.78 is 6.90. The lowest BCUT2D eigenvalue weighted by Crippen LogP contribution is -2.35. The van der Waals surface area contributed by atoms with Gasteiger partial charge in [-0.1, -0.05) is 13.3 Å². The monoisotopic (exact) mass is 225 g/mol. The minimum Gasteiger partial charge on any atom is -0.480 e. The fourth-order valence-electron chi connectivity index (χ4n) is 1.44. The van der Waals surface area contributed by atoms with Crippen LogP contribution in [0.4, 0.5) is 0 Å². The Labute approximate surface area is 95.8 Å². The normalized spacial score (nSPS) is 12.2. The molecule has 0 saturated heterocycles. The van der Waals surface area contributed by atoms with E-state index in [1.807, 2.05) is 6.92 Å². The average Bonchev–Trinajstić information content (AvgIpc) is 2.61. The van der Waals surface area contributed by atoms with Gasteiger partial charge in [0.15, 0.2) is 12.4 Å². The van der Waals surface area contributed by atoms with Crippen molar-refractivity contribution in [2.75, 3.05) is 6.61 Å². The zero-order chi connectivity index (χ0) is 12.0. The number of ether oxygens (including phenoxy) is 1. The van der Waals surface area contributed by atoms with Crippen LogP contribution in [0.5, 0.6) is 5.75 Å². The summed E-state index contributed by atoms with van der Waals surface area (Å²) in [6.07, 6.45) is 5.36. The van der Waals surface area contributed by atoms with Crippen molar-refractivity contribution in [1.82, 2.24) is 15.1 Å². The van der Waals surface area contributed by atoms with E-state index in [0.29, 0.717) is 5.75 Å². The molecule has 0 spiro atoms. The molecule has 16 heavy (non-hydrogen) atoms. The first-order valence-electron chi connectivity index (χ1n) is 5.52. The van der Waals surface area contributed by atoms with Crippen LogP contribution in [0.1, 0.15) is 26.7 Å². The molecule has 1 aromatic rings. The van der Waals surface area contributed by atoms with E-state index in [0.717, 1.165) is 12.8 Å². The second-order valence-electron chi connectivity index (χ2n) is 3.90. The van der Waals surface area contributed by atoms with Crippen LogP contribution in [-0.2, 0) is 11.8 Å². The number of hydrogen-bond acceptors (Lipinski definition) is 3. The van der Waals surface area contributed by atoms with Gasteiger partial charge in [-0.25, -0.2) is 0 Å². The van der Waals surface area contributed by atoms with Crippen molar-refractivity contribution >= 4 is 5.91 Å². The number of nitrogens with one attached hydrogen (secondary N) is 1. The molecule has 1 amide bonds. The van der Waals surface area contributed by atoms with E-state index < -0.39 is 0 Å². The third-order valence-corrected chi connectivity index (χ3v) is 2.18. The standard InChI is InChI=1S/C11H19N3O2/c1-4-5-9(2)13-11(15)8-16-10-6-12-14(3)7-10/h6-7,9H,4-5,8H2,1-3H3,(H,13,15). The molecule has 5 heteroatoms. The Kier molecular flexibility index (Phi) is 4.82. The molecule has 1 atom stereocenters. The van der Waals surface area contributed by atoms with E-state index in [1.165, 1.54) is 0 Å². The van der Waals surface area contributed by atoms with E-state index in [2.05, 4.69) is 17.3 Å². The van der Waals surface area contributed by atoms with Crippen LogP contribution >= 0.6 is 0 Å². The average molecular weight is 225 g/mol. The Morgan fingerprint density at radius 2 is 2.44 bits per heavy atom. The van der Waals surface area contributed by atoms with Gasteiger partial charge in [0, 0.05) is 13.1 Å². The minimum absolute atomic E-state index is 0.0414. The highest BCUT2D eigenvalue weighted by atomic mass is 16.5. The Morgan fingerprint density at radius 1 is 1.69 bits per heavy atom. The van der Waals surface area contributed by atoms with Crippen LogP contribution < -0.4 is 10.1 Å². The highest BCUT2D eigenvalue weighted by molar-refractivity contribution is 5.77. The minimum atomic E-state index is -0.0928. The predicted molar refractivity (Wildman–Crippen MR) is 61.2 cm³/mol. The summed E-state index contributed by atoms with van der Waals surface area (Å²) in [5.41, 5.74) is 0. The van der Waals surface area contributed by atoms with Crippen molar-refractivity contribution < 1.29 is 9.53 Å². The van der Waals surface area contributed by atoms with Gasteiger partial charge in [-0.3, -0.25) is 9.48 Å². The third kappa shape index (κ3) is 4.33. The lowest BCUT2D eigenvalue weighted by atomic mass is 10.2. The molecule has 1 heterocycles. The number of aromatic nitrogens is 2. The molecule has 0 bridgehead atoms. The van der Waals surface area contributed by atoms with Crippen molar-refractivity contribution in [3.05, 3.63) is 12.4 Å². The van der Waals surface area contributed by atoms with Crippen molar-refractivity contribution in [2.45, 2.75) is 32.7 Å². The second kappa shape index (κ2) is 6.15. The van der Waals surface area contributed by atoms with E-state index >= 15 is 0 Å². The molecule has 0 radical (unpaired) electrons. The molecule has 0 aliphatic rings. The lowest BCUT2D eigenvalue weighted by molar-refractivity contribution is -0.123. The highest BCUT2D eigenvalue weighted by Gasteiger charge is 2.07. The predicted octanol–water partition coefficient (Wildman–Crippen LogP) is 1.10. The van der Waals surface area contributed by atoms with Crippen molar-refractivity contribution in [3.8, 4) is 5.75 Å². The number of amides is 1. The van der Waals surface area contributed by atoms with Gasteiger partial charge >= 0.3 is 0 Å². The zero-order valence-corrected chi connectivity index (χ0v) is 10.1. The Morgan fingerprint density at radius 3 is 3.00 bits per heavy atom. The number of hydrogen-bond donors (Lipinski definition) is 1. The molecule has 0 saturated carbocycles. The second-order valence-corrected chi connectivity index (χ2v) is 3.90. The molecule has 0 aromatic carbocycles. The SMILES string of the molecule is CCCC(C)NC(=O)COc1cnn(C)c1. The zero-order valence-electron chi connectivity index (χ0n) is 10.1. The van der Waals surface area contributed by atoms with Crippen LogP contribution in [0, 0.1) is 0 Å². The van der Waals surface area contributed by atoms with Crippen LogP contribution in [0.15, 0.2) is 12.4 Å². The van der Waals surface area contributed by atoms with Crippen LogP contribution in [-0.4, -0.2) is 28.3 Å². The van der Waals surface area contributed by atoms with Gasteiger partial charge in [-0.2, -0.15) is 5.10 Å². The van der Waals surface area contributed by atoms with Gasteiger partial charge in [0.05, 0.1) is 12.4 Å². The molecule has 0 aliphatic heterocycles. The Balaban J connectivity index is 2.25. The molecule has 1 unspecified atom stereocenters. The van der Waals surface area contributed by atoms with Crippen molar-refractivity contribution in [1.29, 1.82) is 0 Å². The highest BCUT2D eigenvalue weighted by Crippen LogP contribution is 2.06. The maximum absolute atomic E-state index is 11.4. The topological polar surface area (TPSA) is 56.1 Å². The van der Waals surface area contributed by atoms with E-state index in [1.54, 1.807) is 24.1 Å². The molecule has 0 fully saturated rings. The van der Waals surface area contributed by atoms with Crippen LogP contribution in [0.2, 0.25) is 0 Å². The maximum Gasteiger partial charge on any atom is 0.258 e. The summed E-state index contributed by atoms with van der Waals surface area (Å²) in [6, 6.07) is 0.204. The quantitative estimate of drug-likeness (QED) is 0.789. The van der Waals surface area contributed by atoms with Crippen molar-refractivity contribution in [2.24, 2.45) is 7.05 Å². The summed E-state index contributed by atoms with van der Waals surface area (Å²) in [4.78, 5) is 11.4. The lowest BCUT2D eigenvalue weighted by Gasteiger charge is -2.12. The molecule has 1 rings (SSSR count). The smallest absolute Gasteiger partial charge is 0.258 e. The van der Waals surface area contributed by atoms with Crippen LogP contribution in [0.25, 0.3) is 0 Å². The fraction of sp³-hybridized carbons (Fsp3) is 0.636. The van der Waals surface area contributed by atoms with Gasteiger partial charge < -0.3 is 10.1 Å². The summed E-state index contributed by atoms with van der Waals surface area (Å²) in [5.74, 6) is 0.519. The van der Waals surface area contributed by atoms with Gasteiger partial charge in [-0.05, 0) is 13.3 Å². The maximum atomic E-state index is 11.4. The van der Waals surface area contributed by atoms with Crippen LogP contribution in [0.3, 0.4) is 0 Å². The number of carbonyl (C=O) groups is 1. The first-order valence-corrected chi connectivity index (χ1v) is 5.52. The Bertz CT molecular complexity index is 336. The summed E-state index contributed by atoms with van der Waals surface area (Å²) in [6.45, 7) is 4.13. The van der Waals surface area contributed by atoms with Gasteiger partial charge in [0.1, 0.15) is 0 Å². The molecule has 0 aliphatic carbocycles. The Hall–Kier alpha value is -1.52. The fourth-order valence-corrected chi connectivity index (χ4v) is 1.44. The first-order chi connectivity index (χ1) is 7.61. The molecule has 1 aromatic heterocycles. The largest absolute Gasteiger partial charge is 0.480 e. The van der Waals surface area contributed by atoms with Crippen molar-refractivity contribution in [3.63, 3.8) is 0 Å². The third-order valence-electron chi connectivity index (χ3n) is 2.18. The summed E-state index contributed by atoms with van der Waals surface area (Å²) >= 11 is 0. The summed E-state index contributed by atoms with van der Waals surface area (Å²) in [5, 5.41) is 6.81. The van der Waals surface area contributed by atoms with Gasteiger partial charge in [-0.15, -0.1) is 0 Å². The molecular weight excluding hydrogens is 206 g/mol. The number of carbonyl (C=O) groups excluding carboxylic acids is 1. The van der Waals surface area contributed by atoms with Gasteiger partial charge in [0.2, 0.25) is 0 Å². The molecule has 1 N–H and O–H groups in total. The molecule has 90 valence electrons. The number of aryl methyl sites for hydroxylation is 1. The molecule has 5 nitrogen and oxygen atoms in total. The molecular formula is C11H19N3O2.